The first kappa shape index (κ1) is 7.31. The number of hydrogen-bond donors (Lipinski definition) is 1. The highest BCUT2D eigenvalue weighted by molar-refractivity contribution is 6.10. The van der Waals surface area contributed by atoms with Crippen molar-refractivity contribution in [2.45, 2.75) is 13.0 Å². The van der Waals surface area contributed by atoms with E-state index >= 15 is 0 Å². The number of nitrogens with zero attached hydrogens (tertiary/aromatic N) is 1. The maximum absolute atomic E-state index is 11.5. The summed E-state index contributed by atoms with van der Waals surface area (Å²) in [5.74, 6) is 5.80. The Bertz CT molecular complexity index is 335. The van der Waals surface area contributed by atoms with Crippen molar-refractivity contribution in [3.8, 4) is 0 Å². The highest BCUT2D eigenvalue weighted by Gasteiger charge is 2.31. The predicted molar refractivity (Wildman–Crippen MR) is 46.9 cm³/mol. The number of carbonyl (C=O) groups excluding carboxylic acids is 1. The van der Waals surface area contributed by atoms with Gasteiger partial charge in [0.25, 0.3) is 0 Å². The number of nitrogens with two attached hydrogens (primary N) is 1. The van der Waals surface area contributed by atoms with Gasteiger partial charge in [0.15, 0.2) is 5.78 Å². The lowest BCUT2D eigenvalue weighted by Crippen LogP contribution is -2.38. The van der Waals surface area contributed by atoms with Crippen LogP contribution in [0.1, 0.15) is 17.3 Å². The lowest BCUT2D eigenvalue weighted by Gasteiger charge is -2.15. The average molecular weight is 162 g/mol. The molecule has 2 N–H and O–H groups in total. The van der Waals surface area contributed by atoms with E-state index in [4.69, 9.17) is 5.84 Å². The van der Waals surface area contributed by atoms with Gasteiger partial charge in [-0.3, -0.25) is 9.80 Å². The molecule has 0 bridgehead atoms. The number of rotatable bonds is 0. The molecule has 3 heteroatoms. The summed E-state index contributed by atoms with van der Waals surface area (Å²) in [4.78, 5) is 11.5. The van der Waals surface area contributed by atoms with Crippen molar-refractivity contribution in [2.24, 2.45) is 5.84 Å². The van der Waals surface area contributed by atoms with Crippen molar-refractivity contribution in [2.75, 3.05) is 5.01 Å². The van der Waals surface area contributed by atoms with E-state index in [9.17, 15) is 4.79 Å². The second-order valence-corrected chi connectivity index (χ2v) is 2.96. The Morgan fingerprint density at radius 1 is 1.42 bits per heavy atom. The number of Topliss-reactive ketones (excluding diaryl/α,β-unsaturated/α-hetero) is 1. The molecule has 0 aliphatic carbocycles. The second kappa shape index (κ2) is 2.32. The minimum absolute atomic E-state index is 0.105. The van der Waals surface area contributed by atoms with Crippen LogP contribution in [0.2, 0.25) is 0 Å². The standard InChI is InChI=1S/C9H10N2O/c1-6-9(12)7-4-2-3-5-8(7)11(6)10/h2-6H,10H2,1H3. The molecule has 1 unspecified atom stereocenters. The fourth-order valence-electron chi connectivity index (χ4n) is 1.47. The number of hydrogen-bond acceptors (Lipinski definition) is 3. The van der Waals surface area contributed by atoms with E-state index in [1.165, 1.54) is 5.01 Å². The van der Waals surface area contributed by atoms with E-state index in [0.29, 0.717) is 0 Å². The Morgan fingerprint density at radius 2 is 2.08 bits per heavy atom. The van der Waals surface area contributed by atoms with Crippen LogP contribution in [0.4, 0.5) is 5.69 Å². The van der Waals surface area contributed by atoms with E-state index in [1.54, 1.807) is 6.07 Å². The van der Waals surface area contributed by atoms with Gasteiger partial charge in [0.05, 0.1) is 5.69 Å². The van der Waals surface area contributed by atoms with Crippen LogP contribution in [0.5, 0.6) is 0 Å². The van der Waals surface area contributed by atoms with Crippen molar-refractivity contribution in [3.63, 3.8) is 0 Å². The Balaban J connectivity index is 2.59. The molecule has 1 aromatic rings. The SMILES string of the molecule is CC1C(=O)c2ccccc2N1N. The molecule has 0 saturated carbocycles. The van der Waals surface area contributed by atoms with E-state index in [0.717, 1.165) is 11.3 Å². The van der Waals surface area contributed by atoms with E-state index < -0.39 is 0 Å². The van der Waals surface area contributed by atoms with Crippen LogP contribution in [-0.4, -0.2) is 11.8 Å². The number of carbonyl (C=O) groups is 1. The summed E-state index contributed by atoms with van der Waals surface area (Å²) in [6.45, 7) is 1.81. The molecule has 1 aromatic carbocycles. The molecule has 0 fully saturated rings. The van der Waals surface area contributed by atoms with Gasteiger partial charge >= 0.3 is 0 Å². The van der Waals surface area contributed by atoms with Crippen molar-refractivity contribution in [1.29, 1.82) is 0 Å². The van der Waals surface area contributed by atoms with E-state index in [2.05, 4.69) is 0 Å². The molecule has 0 spiro atoms. The first-order valence-corrected chi connectivity index (χ1v) is 3.89. The number of fused-ring (bicyclic) bond motifs is 1. The minimum Gasteiger partial charge on any atom is -0.300 e. The van der Waals surface area contributed by atoms with Gasteiger partial charge in [-0.15, -0.1) is 0 Å². The highest BCUT2D eigenvalue weighted by Crippen LogP contribution is 2.28. The highest BCUT2D eigenvalue weighted by atomic mass is 16.1. The molecule has 12 heavy (non-hydrogen) atoms. The molecule has 1 heterocycles. The zero-order chi connectivity index (χ0) is 8.72. The number of benzene rings is 1. The van der Waals surface area contributed by atoms with Crippen LogP contribution in [0.3, 0.4) is 0 Å². The third-order valence-corrected chi connectivity index (χ3v) is 2.24. The number of hydrazine groups is 1. The molecule has 0 amide bonds. The Labute approximate surface area is 70.8 Å². The molecule has 1 atom stereocenters. The van der Waals surface area contributed by atoms with Crippen LogP contribution in [0.15, 0.2) is 24.3 Å². The monoisotopic (exact) mass is 162 g/mol. The van der Waals surface area contributed by atoms with Gasteiger partial charge < -0.3 is 0 Å². The summed E-state index contributed by atoms with van der Waals surface area (Å²) in [5, 5.41) is 1.51. The predicted octanol–water partition coefficient (Wildman–Crippen LogP) is 0.952. The summed E-state index contributed by atoms with van der Waals surface area (Å²) >= 11 is 0. The summed E-state index contributed by atoms with van der Waals surface area (Å²) in [7, 11) is 0. The molecular weight excluding hydrogens is 152 g/mol. The molecule has 3 nitrogen and oxygen atoms in total. The van der Waals surface area contributed by atoms with Gasteiger partial charge in [-0.2, -0.15) is 0 Å². The maximum Gasteiger partial charge on any atom is 0.188 e. The quantitative estimate of drug-likeness (QED) is 0.578. The van der Waals surface area contributed by atoms with E-state index in [1.807, 2.05) is 25.1 Å². The van der Waals surface area contributed by atoms with Gasteiger partial charge in [-0.05, 0) is 19.1 Å². The van der Waals surface area contributed by atoms with E-state index in [-0.39, 0.29) is 11.8 Å². The Kier molecular flexibility index (Phi) is 1.41. The molecule has 0 saturated heterocycles. The fourth-order valence-corrected chi connectivity index (χ4v) is 1.47. The van der Waals surface area contributed by atoms with Crippen LogP contribution < -0.4 is 10.9 Å². The minimum atomic E-state index is -0.220. The van der Waals surface area contributed by atoms with Crippen LogP contribution in [0.25, 0.3) is 0 Å². The van der Waals surface area contributed by atoms with Gasteiger partial charge in [0.2, 0.25) is 0 Å². The van der Waals surface area contributed by atoms with Crippen molar-refractivity contribution in [1.82, 2.24) is 0 Å². The number of para-hydroxylation sites is 1. The lowest BCUT2D eigenvalue weighted by molar-refractivity contribution is 0.0977. The van der Waals surface area contributed by atoms with Crippen LogP contribution in [-0.2, 0) is 0 Å². The second-order valence-electron chi connectivity index (χ2n) is 2.96. The summed E-state index contributed by atoms with van der Waals surface area (Å²) in [6.07, 6.45) is 0. The van der Waals surface area contributed by atoms with Gasteiger partial charge in [0.1, 0.15) is 6.04 Å². The lowest BCUT2D eigenvalue weighted by atomic mass is 10.1. The third kappa shape index (κ3) is 0.769. The number of ketones is 1. The van der Waals surface area contributed by atoms with Crippen molar-refractivity contribution < 1.29 is 4.79 Å². The summed E-state index contributed by atoms with van der Waals surface area (Å²) < 4.78 is 0. The molecule has 0 aromatic heterocycles. The van der Waals surface area contributed by atoms with Gasteiger partial charge in [0, 0.05) is 5.56 Å². The Morgan fingerprint density at radius 3 is 2.75 bits per heavy atom. The zero-order valence-corrected chi connectivity index (χ0v) is 6.82. The van der Waals surface area contributed by atoms with Gasteiger partial charge in [-0.1, -0.05) is 12.1 Å². The first-order valence-electron chi connectivity index (χ1n) is 3.89. The van der Waals surface area contributed by atoms with Crippen LogP contribution in [0, 0.1) is 0 Å². The molecule has 62 valence electrons. The van der Waals surface area contributed by atoms with Crippen LogP contribution >= 0.6 is 0 Å². The van der Waals surface area contributed by atoms with Crippen molar-refractivity contribution >= 4 is 11.5 Å². The summed E-state index contributed by atoms with van der Waals surface area (Å²) in [5.41, 5.74) is 1.56. The smallest absolute Gasteiger partial charge is 0.188 e. The van der Waals surface area contributed by atoms with Gasteiger partial charge in [-0.25, -0.2) is 5.84 Å². The normalized spacial score (nSPS) is 21.3. The first-order chi connectivity index (χ1) is 5.72. The third-order valence-electron chi connectivity index (χ3n) is 2.24. The maximum atomic E-state index is 11.5. The van der Waals surface area contributed by atoms with Crippen molar-refractivity contribution in [3.05, 3.63) is 29.8 Å². The molecule has 2 rings (SSSR count). The molecule has 1 aliphatic rings. The fraction of sp³-hybridized carbons (Fsp3) is 0.222. The Hall–Kier alpha value is -1.35. The average Bonchev–Trinajstić information content (AvgIpc) is 2.33. The summed E-state index contributed by atoms with van der Waals surface area (Å²) in [6, 6.07) is 7.17. The zero-order valence-electron chi connectivity index (χ0n) is 6.82. The largest absolute Gasteiger partial charge is 0.300 e. The number of anilines is 1. The topological polar surface area (TPSA) is 46.3 Å². The molecule has 0 radical (unpaired) electrons. The molecular formula is C9H10N2O. The molecule has 1 aliphatic heterocycles.